The molecular weight excluding hydrogens is 410 g/mol. The van der Waals surface area contributed by atoms with Gasteiger partial charge in [-0.15, -0.1) is 0 Å². The number of hydrogen-bond acceptors (Lipinski definition) is 2. The SMILES string of the molecule is N#Cc1c(F)cccc1Nc1cc(I)ccc1Br. The quantitative estimate of drug-likeness (QED) is 0.713. The van der Waals surface area contributed by atoms with Crippen LogP contribution in [0.15, 0.2) is 40.9 Å². The van der Waals surface area contributed by atoms with Crippen LogP contribution in [-0.4, -0.2) is 0 Å². The Morgan fingerprint density at radius 2 is 2.00 bits per heavy atom. The van der Waals surface area contributed by atoms with Gasteiger partial charge in [0.2, 0.25) is 0 Å². The Balaban J connectivity index is 2.44. The van der Waals surface area contributed by atoms with Crippen molar-refractivity contribution in [3.8, 4) is 6.07 Å². The van der Waals surface area contributed by atoms with E-state index in [1.54, 1.807) is 12.1 Å². The molecule has 0 aliphatic rings. The Hall–Kier alpha value is -1.13. The summed E-state index contributed by atoms with van der Waals surface area (Å²) in [6.45, 7) is 0. The van der Waals surface area contributed by atoms with E-state index in [0.29, 0.717) is 5.69 Å². The number of nitrogens with zero attached hydrogens (tertiary/aromatic N) is 1. The molecule has 2 aromatic rings. The Morgan fingerprint density at radius 3 is 2.72 bits per heavy atom. The lowest BCUT2D eigenvalue weighted by molar-refractivity contribution is 0.624. The normalized spacial score (nSPS) is 9.89. The summed E-state index contributed by atoms with van der Waals surface area (Å²) in [6.07, 6.45) is 0. The predicted octanol–water partition coefficient (Wildman–Crippen LogP) is 4.81. The van der Waals surface area contributed by atoms with Crippen LogP contribution in [0.4, 0.5) is 15.8 Å². The molecule has 0 aliphatic carbocycles. The summed E-state index contributed by atoms with van der Waals surface area (Å²) < 4.78 is 15.4. The molecule has 0 saturated heterocycles. The van der Waals surface area contributed by atoms with Crippen molar-refractivity contribution in [2.24, 2.45) is 0 Å². The van der Waals surface area contributed by atoms with E-state index in [-0.39, 0.29) is 5.56 Å². The largest absolute Gasteiger partial charge is 0.353 e. The van der Waals surface area contributed by atoms with E-state index in [1.807, 2.05) is 24.3 Å². The number of anilines is 2. The van der Waals surface area contributed by atoms with Crippen molar-refractivity contribution in [3.63, 3.8) is 0 Å². The summed E-state index contributed by atoms with van der Waals surface area (Å²) in [5.41, 5.74) is 1.27. The molecule has 5 heteroatoms. The maximum absolute atomic E-state index is 13.5. The predicted molar refractivity (Wildman–Crippen MR) is 81.3 cm³/mol. The van der Waals surface area contributed by atoms with Crippen LogP contribution in [0.25, 0.3) is 0 Å². The van der Waals surface area contributed by atoms with Crippen LogP contribution in [0.5, 0.6) is 0 Å². The number of halogens is 3. The molecule has 0 spiro atoms. The highest BCUT2D eigenvalue weighted by atomic mass is 127. The Labute approximate surface area is 126 Å². The van der Waals surface area contributed by atoms with E-state index in [0.717, 1.165) is 13.7 Å². The third kappa shape index (κ3) is 2.82. The van der Waals surface area contributed by atoms with Crippen LogP contribution in [0, 0.1) is 20.7 Å². The number of rotatable bonds is 2. The fourth-order valence-electron chi connectivity index (χ4n) is 1.48. The summed E-state index contributed by atoms with van der Waals surface area (Å²) in [7, 11) is 0. The minimum atomic E-state index is -0.524. The van der Waals surface area contributed by atoms with Gasteiger partial charge in [-0.05, 0) is 68.9 Å². The molecule has 0 saturated carbocycles. The molecule has 0 aromatic heterocycles. The Kier molecular flexibility index (Phi) is 4.19. The minimum absolute atomic E-state index is 0.0169. The number of hydrogen-bond donors (Lipinski definition) is 1. The first-order valence-electron chi connectivity index (χ1n) is 5.02. The van der Waals surface area contributed by atoms with Gasteiger partial charge in [0.25, 0.3) is 0 Å². The summed E-state index contributed by atoms with van der Waals surface area (Å²) in [5.74, 6) is -0.524. The molecule has 2 rings (SSSR count). The molecule has 18 heavy (non-hydrogen) atoms. The van der Waals surface area contributed by atoms with Gasteiger partial charge < -0.3 is 5.32 Å². The molecule has 90 valence electrons. The standard InChI is InChI=1S/C13H7BrFIN2/c14-10-5-4-8(16)6-13(10)18-12-3-1-2-11(15)9(12)7-17/h1-6,18H. The summed E-state index contributed by atoms with van der Waals surface area (Å²) >= 11 is 5.60. The first kappa shape index (κ1) is 13.3. The molecule has 0 unspecified atom stereocenters. The molecule has 0 bridgehead atoms. The Bertz CT molecular complexity index is 637. The molecule has 1 N–H and O–H groups in total. The van der Waals surface area contributed by atoms with Gasteiger partial charge >= 0.3 is 0 Å². The average molecular weight is 417 g/mol. The second-order valence-electron chi connectivity index (χ2n) is 3.52. The first-order chi connectivity index (χ1) is 8.61. The van der Waals surface area contributed by atoms with E-state index >= 15 is 0 Å². The molecule has 2 aromatic carbocycles. The first-order valence-corrected chi connectivity index (χ1v) is 6.89. The zero-order valence-corrected chi connectivity index (χ0v) is 12.8. The highest BCUT2D eigenvalue weighted by Gasteiger charge is 2.09. The molecule has 0 fully saturated rings. The summed E-state index contributed by atoms with van der Waals surface area (Å²) in [4.78, 5) is 0. The van der Waals surface area contributed by atoms with Gasteiger partial charge in [0.15, 0.2) is 0 Å². The lowest BCUT2D eigenvalue weighted by Gasteiger charge is -2.10. The monoisotopic (exact) mass is 416 g/mol. The molecular formula is C13H7BrFIN2. The van der Waals surface area contributed by atoms with Gasteiger partial charge in [-0.25, -0.2) is 4.39 Å². The van der Waals surface area contributed by atoms with Crippen molar-refractivity contribution in [1.29, 1.82) is 5.26 Å². The smallest absolute Gasteiger partial charge is 0.143 e. The Morgan fingerprint density at radius 1 is 1.22 bits per heavy atom. The van der Waals surface area contributed by atoms with Crippen LogP contribution < -0.4 is 5.32 Å². The van der Waals surface area contributed by atoms with E-state index in [1.165, 1.54) is 6.07 Å². The third-order valence-electron chi connectivity index (χ3n) is 2.32. The van der Waals surface area contributed by atoms with Crippen LogP contribution in [0.2, 0.25) is 0 Å². The summed E-state index contributed by atoms with van der Waals surface area (Å²) in [6, 6.07) is 12.1. The van der Waals surface area contributed by atoms with Crippen LogP contribution in [0.1, 0.15) is 5.56 Å². The number of nitriles is 1. The molecule has 0 radical (unpaired) electrons. The lowest BCUT2D eigenvalue weighted by atomic mass is 10.1. The zero-order valence-electron chi connectivity index (χ0n) is 9.05. The van der Waals surface area contributed by atoms with E-state index < -0.39 is 5.82 Å². The van der Waals surface area contributed by atoms with Gasteiger partial charge in [0.1, 0.15) is 17.4 Å². The van der Waals surface area contributed by atoms with Gasteiger partial charge in [-0.2, -0.15) is 5.26 Å². The van der Waals surface area contributed by atoms with Crippen molar-refractivity contribution in [1.82, 2.24) is 0 Å². The van der Waals surface area contributed by atoms with Crippen molar-refractivity contribution in [3.05, 3.63) is 55.8 Å². The molecule has 2 nitrogen and oxygen atoms in total. The van der Waals surface area contributed by atoms with Crippen LogP contribution in [0.3, 0.4) is 0 Å². The van der Waals surface area contributed by atoms with Gasteiger partial charge in [-0.3, -0.25) is 0 Å². The molecule has 0 aliphatic heterocycles. The fraction of sp³-hybridized carbons (Fsp3) is 0. The average Bonchev–Trinajstić information content (AvgIpc) is 2.34. The van der Waals surface area contributed by atoms with Crippen LogP contribution in [-0.2, 0) is 0 Å². The molecule has 0 heterocycles. The maximum Gasteiger partial charge on any atom is 0.143 e. The van der Waals surface area contributed by atoms with Gasteiger partial charge in [0.05, 0.1) is 11.4 Å². The van der Waals surface area contributed by atoms with E-state index in [9.17, 15) is 4.39 Å². The number of nitrogens with one attached hydrogen (secondary N) is 1. The molecule has 0 amide bonds. The second kappa shape index (κ2) is 5.67. The van der Waals surface area contributed by atoms with Crippen molar-refractivity contribution >= 4 is 49.9 Å². The van der Waals surface area contributed by atoms with E-state index in [4.69, 9.17) is 5.26 Å². The zero-order chi connectivity index (χ0) is 13.1. The topological polar surface area (TPSA) is 35.8 Å². The highest BCUT2D eigenvalue weighted by molar-refractivity contribution is 14.1. The number of benzene rings is 2. The lowest BCUT2D eigenvalue weighted by Crippen LogP contribution is -1.97. The second-order valence-corrected chi connectivity index (χ2v) is 5.62. The third-order valence-corrected chi connectivity index (χ3v) is 3.69. The van der Waals surface area contributed by atoms with Gasteiger partial charge in [-0.1, -0.05) is 6.07 Å². The van der Waals surface area contributed by atoms with Crippen molar-refractivity contribution in [2.75, 3.05) is 5.32 Å². The summed E-state index contributed by atoms with van der Waals surface area (Å²) in [5, 5.41) is 12.0. The van der Waals surface area contributed by atoms with Crippen molar-refractivity contribution < 1.29 is 4.39 Å². The fourth-order valence-corrected chi connectivity index (χ4v) is 2.32. The van der Waals surface area contributed by atoms with E-state index in [2.05, 4.69) is 43.8 Å². The van der Waals surface area contributed by atoms with Crippen molar-refractivity contribution in [2.45, 2.75) is 0 Å². The molecule has 0 atom stereocenters. The highest BCUT2D eigenvalue weighted by Crippen LogP contribution is 2.29. The van der Waals surface area contributed by atoms with Crippen LogP contribution >= 0.6 is 38.5 Å². The maximum atomic E-state index is 13.5. The minimum Gasteiger partial charge on any atom is -0.353 e. The van der Waals surface area contributed by atoms with Gasteiger partial charge in [0, 0.05) is 8.04 Å².